The Kier molecular flexibility index (Phi) is 3.40. The lowest BCUT2D eigenvalue weighted by Gasteiger charge is -2.07. The van der Waals surface area contributed by atoms with Crippen LogP contribution in [0.3, 0.4) is 0 Å². The summed E-state index contributed by atoms with van der Waals surface area (Å²) in [6.45, 7) is 3.44. The lowest BCUT2D eigenvalue weighted by atomic mass is 10.1. The van der Waals surface area contributed by atoms with Gasteiger partial charge in [-0.3, -0.25) is 0 Å². The van der Waals surface area contributed by atoms with Crippen LogP contribution < -0.4 is 9.47 Å². The zero-order chi connectivity index (χ0) is 10.6. The molecule has 14 heavy (non-hydrogen) atoms. The van der Waals surface area contributed by atoms with Crippen LogP contribution >= 0.6 is 0 Å². The summed E-state index contributed by atoms with van der Waals surface area (Å²) >= 11 is 0. The van der Waals surface area contributed by atoms with Crippen molar-refractivity contribution < 1.29 is 14.6 Å². The molecule has 1 aromatic rings. The number of methoxy groups -OCH3 is 2. The van der Waals surface area contributed by atoms with Gasteiger partial charge in [0.25, 0.3) is 0 Å². The number of benzene rings is 1. The number of hydrogen-bond donors (Lipinski definition) is 1. The van der Waals surface area contributed by atoms with Crippen molar-refractivity contribution in [3.05, 3.63) is 36.1 Å². The number of aliphatic hydroxyl groups is 1. The Hall–Kier alpha value is -1.64. The van der Waals surface area contributed by atoms with Gasteiger partial charge in [-0.05, 0) is 17.7 Å². The molecule has 3 nitrogen and oxygen atoms in total. The predicted octanol–water partition coefficient (Wildman–Crippen LogP) is 2.32. The molecule has 0 heterocycles. The van der Waals surface area contributed by atoms with Gasteiger partial charge < -0.3 is 14.6 Å². The summed E-state index contributed by atoms with van der Waals surface area (Å²) in [6.07, 6.45) is 0.410. The van der Waals surface area contributed by atoms with Gasteiger partial charge in [0.1, 0.15) is 11.5 Å². The molecule has 1 aromatic carbocycles. The highest BCUT2D eigenvalue weighted by atomic mass is 16.5. The normalized spacial score (nSPS) is 9.57. The number of allylic oxidation sites excluding steroid dienone is 1. The van der Waals surface area contributed by atoms with E-state index in [1.165, 1.54) is 0 Å². The molecule has 0 aliphatic heterocycles. The molecule has 0 bridgehead atoms. The van der Waals surface area contributed by atoms with Gasteiger partial charge in [-0.15, -0.1) is 0 Å². The molecule has 0 aromatic heterocycles. The van der Waals surface area contributed by atoms with E-state index < -0.39 is 0 Å². The molecule has 0 amide bonds. The van der Waals surface area contributed by atoms with E-state index in [1.54, 1.807) is 20.3 Å². The van der Waals surface area contributed by atoms with E-state index in [1.807, 2.05) is 12.1 Å². The van der Waals surface area contributed by atoms with E-state index in [2.05, 4.69) is 6.58 Å². The minimum atomic E-state index is 0.125. The third kappa shape index (κ3) is 2.69. The summed E-state index contributed by atoms with van der Waals surface area (Å²) in [5.41, 5.74) is 0.911. The average molecular weight is 194 g/mol. The molecule has 1 rings (SSSR count). The van der Waals surface area contributed by atoms with E-state index in [0.29, 0.717) is 17.9 Å². The molecular formula is C11H14O3. The monoisotopic (exact) mass is 194 g/mol. The maximum absolute atomic E-state index is 9.06. The maximum atomic E-state index is 9.06. The summed E-state index contributed by atoms with van der Waals surface area (Å²) in [6, 6.07) is 5.46. The van der Waals surface area contributed by atoms with Crippen LogP contribution in [-0.4, -0.2) is 19.3 Å². The van der Waals surface area contributed by atoms with Crippen molar-refractivity contribution in [2.45, 2.75) is 6.42 Å². The molecule has 0 fully saturated rings. The molecule has 1 N–H and O–H groups in total. The van der Waals surface area contributed by atoms with Gasteiger partial charge in [-0.1, -0.05) is 6.58 Å². The number of hydrogen-bond acceptors (Lipinski definition) is 3. The van der Waals surface area contributed by atoms with E-state index in [9.17, 15) is 0 Å². The topological polar surface area (TPSA) is 38.7 Å². The Bertz CT molecular complexity index is 309. The van der Waals surface area contributed by atoms with Crippen LogP contribution in [0.4, 0.5) is 0 Å². The molecule has 0 radical (unpaired) electrons. The van der Waals surface area contributed by atoms with Crippen molar-refractivity contribution in [1.82, 2.24) is 0 Å². The van der Waals surface area contributed by atoms with E-state index in [0.717, 1.165) is 5.56 Å². The van der Waals surface area contributed by atoms with Gasteiger partial charge in [0.05, 0.1) is 20.0 Å². The Morgan fingerprint density at radius 1 is 1.21 bits per heavy atom. The van der Waals surface area contributed by atoms with Crippen molar-refractivity contribution >= 4 is 0 Å². The Labute approximate surface area is 83.6 Å². The van der Waals surface area contributed by atoms with Crippen molar-refractivity contribution in [2.24, 2.45) is 0 Å². The fourth-order valence-corrected chi connectivity index (χ4v) is 1.20. The Balaban J connectivity index is 2.98. The predicted molar refractivity (Wildman–Crippen MR) is 55.0 cm³/mol. The van der Waals surface area contributed by atoms with Crippen LogP contribution in [0.1, 0.15) is 5.56 Å². The molecular weight excluding hydrogens is 180 g/mol. The first-order valence-electron chi connectivity index (χ1n) is 4.24. The third-order valence-corrected chi connectivity index (χ3v) is 1.82. The molecule has 76 valence electrons. The van der Waals surface area contributed by atoms with Gasteiger partial charge in [-0.25, -0.2) is 0 Å². The van der Waals surface area contributed by atoms with E-state index >= 15 is 0 Å². The quantitative estimate of drug-likeness (QED) is 0.747. The van der Waals surface area contributed by atoms with Crippen LogP contribution in [0.15, 0.2) is 30.5 Å². The highest BCUT2D eigenvalue weighted by Gasteiger charge is 2.02. The third-order valence-electron chi connectivity index (χ3n) is 1.82. The Morgan fingerprint density at radius 3 is 2.07 bits per heavy atom. The van der Waals surface area contributed by atoms with Gasteiger partial charge in [-0.2, -0.15) is 0 Å². The Morgan fingerprint density at radius 2 is 1.71 bits per heavy atom. The second-order valence-corrected chi connectivity index (χ2v) is 2.96. The van der Waals surface area contributed by atoms with Crippen molar-refractivity contribution in [3.8, 4) is 11.5 Å². The highest BCUT2D eigenvalue weighted by molar-refractivity contribution is 5.39. The first kappa shape index (κ1) is 10.4. The van der Waals surface area contributed by atoms with E-state index in [4.69, 9.17) is 14.6 Å². The van der Waals surface area contributed by atoms with Gasteiger partial charge in [0, 0.05) is 12.5 Å². The van der Waals surface area contributed by atoms with Crippen LogP contribution in [0.5, 0.6) is 11.5 Å². The molecule has 3 heteroatoms. The maximum Gasteiger partial charge on any atom is 0.122 e. The molecule has 0 atom stereocenters. The van der Waals surface area contributed by atoms with Crippen molar-refractivity contribution in [3.63, 3.8) is 0 Å². The summed E-state index contributed by atoms with van der Waals surface area (Å²) in [4.78, 5) is 0. The zero-order valence-electron chi connectivity index (χ0n) is 8.41. The zero-order valence-corrected chi connectivity index (χ0v) is 8.41. The standard InChI is InChI=1S/C11H14O3/c1-8(12)4-9-5-10(13-2)7-11(6-9)14-3/h5-7,12H,1,4H2,2-3H3. The van der Waals surface area contributed by atoms with Crippen LogP contribution in [0.2, 0.25) is 0 Å². The summed E-state index contributed by atoms with van der Waals surface area (Å²) in [5, 5.41) is 9.06. The molecule has 0 saturated heterocycles. The first-order valence-corrected chi connectivity index (χ1v) is 4.24. The van der Waals surface area contributed by atoms with Gasteiger partial charge in [0.2, 0.25) is 0 Å². The smallest absolute Gasteiger partial charge is 0.122 e. The van der Waals surface area contributed by atoms with Crippen molar-refractivity contribution in [2.75, 3.05) is 14.2 Å². The van der Waals surface area contributed by atoms with E-state index in [-0.39, 0.29) is 5.76 Å². The van der Waals surface area contributed by atoms with Crippen LogP contribution in [0, 0.1) is 0 Å². The minimum Gasteiger partial charge on any atom is -0.513 e. The summed E-state index contributed by atoms with van der Waals surface area (Å²) < 4.78 is 10.2. The first-order chi connectivity index (χ1) is 6.65. The molecule has 0 spiro atoms. The van der Waals surface area contributed by atoms with Crippen molar-refractivity contribution in [1.29, 1.82) is 0 Å². The lowest BCUT2D eigenvalue weighted by Crippen LogP contribution is -1.92. The van der Waals surface area contributed by atoms with Gasteiger partial charge in [0.15, 0.2) is 0 Å². The summed E-state index contributed by atoms with van der Waals surface area (Å²) in [5.74, 6) is 1.54. The number of aliphatic hydroxyl groups excluding tert-OH is 1. The number of ether oxygens (including phenoxy) is 2. The fraction of sp³-hybridized carbons (Fsp3) is 0.273. The molecule has 0 saturated carbocycles. The largest absolute Gasteiger partial charge is 0.513 e. The molecule has 0 aliphatic carbocycles. The average Bonchev–Trinajstić information content (AvgIpc) is 2.16. The van der Waals surface area contributed by atoms with Crippen LogP contribution in [-0.2, 0) is 6.42 Å². The second-order valence-electron chi connectivity index (χ2n) is 2.96. The second kappa shape index (κ2) is 4.56. The number of rotatable bonds is 4. The summed E-state index contributed by atoms with van der Waals surface area (Å²) in [7, 11) is 3.18. The molecule has 0 unspecified atom stereocenters. The minimum absolute atomic E-state index is 0.125. The van der Waals surface area contributed by atoms with Gasteiger partial charge >= 0.3 is 0 Å². The lowest BCUT2D eigenvalue weighted by molar-refractivity contribution is 0.389. The fourth-order valence-electron chi connectivity index (χ4n) is 1.20. The molecule has 0 aliphatic rings. The van der Waals surface area contributed by atoms with Crippen LogP contribution in [0.25, 0.3) is 0 Å². The highest BCUT2D eigenvalue weighted by Crippen LogP contribution is 2.23. The SMILES string of the molecule is C=C(O)Cc1cc(OC)cc(OC)c1.